The largest absolute Gasteiger partial charge is 0.0823 e. The third kappa shape index (κ3) is 1.59. The Morgan fingerprint density at radius 2 is 2.29 bits per heavy atom. The van der Waals surface area contributed by atoms with E-state index in [0.29, 0.717) is 0 Å². The first kappa shape index (κ1) is 5.86. The molecular formula is C6H11I. The molecule has 1 aliphatic carbocycles. The molecule has 1 unspecified atom stereocenters. The fourth-order valence-corrected chi connectivity index (χ4v) is 1.89. The highest BCUT2D eigenvalue weighted by atomic mass is 127. The Balaban J connectivity index is 1.98. The molecule has 0 saturated heterocycles. The first-order valence-corrected chi connectivity index (χ1v) is 4.23. The molecule has 0 heterocycles. The van der Waals surface area contributed by atoms with E-state index in [9.17, 15) is 0 Å². The maximum absolute atomic E-state index is 2.54. The van der Waals surface area contributed by atoms with Crippen LogP contribution in [0.3, 0.4) is 0 Å². The summed E-state index contributed by atoms with van der Waals surface area (Å²) in [6, 6.07) is 0. The Hall–Kier alpha value is 0.730. The average Bonchev–Trinajstić information content (AvgIpc) is 2.22. The zero-order chi connectivity index (χ0) is 5.28. The van der Waals surface area contributed by atoms with Gasteiger partial charge in [0, 0.05) is 3.92 Å². The van der Waals surface area contributed by atoms with Crippen molar-refractivity contribution in [2.75, 3.05) is 0 Å². The molecule has 1 heteroatoms. The lowest BCUT2D eigenvalue weighted by Crippen LogP contribution is -1.75. The van der Waals surface area contributed by atoms with Crippen LogP contribution in [0.4, 0.5) is 0 Å². The molecule has 1 rings (SSSR count). The zero-order valence-electron chi connectivity index (χ0n) is 4.65. The number of alkyl halides is 1. The maximum atomic E-state index is 2.54. The van der Waals surface area contributed by atoms with Crippen LogP contribution in [-0.4, -0.2) is 3.92 Å². The Bertz CT molecular complexity index is 61.2. The molecule has 0 N–H and O–H groups in total. The number of hydrogen-bond donors (Lipinski definition) is 0. The van der Waals surface area contributed by atoms with Gasteiger partial charge >= 0.3 is 0 Å². The van der Waals surface area contributed by atoms with Gasteiger partial charge in [-0.1, -0.05) is 35.9 Å². The standard InChI is InChI=1S/C6H11I/c1-2-3-5-4-6(5)7/h5-6H,2-4H2,1H3/t5-,6?/m0/s1. The first-order valence-electron chi connectivity index (χ1n) is 2.98. The van der Waals surface area contributed by atoms with E-state index >= 15 is 0 Å². The van der Waals surface area contributed by atoms with Crippen LogP contribution >= 0.6 is 22.6 Å². The van der Waals surface area contributed by atoms with Gasteiger partial charge in [0.2, 0.25) is 0 Å². The van der Waals surface area contributed by atoms with Crippen molar-refractivity contribution in [2.24, 2.45) is 5.92 Å². The smallest absolute Gasteiger partial charge is 0.0141 e. The fourth-order valence-electron chi connectivity index (χ4n) is 0.880. The second kappa shape index (κ2) is 2.33. The van der Waals surface area contributed by atoms with Crippen molar-refractivity contribution in [3.8, 4) is 0 Å². The molecule has 1 saturated carbocycles. The summed E-state index contributed by atoms with van der Waals surface area (Å²) in [6.07, 6.45) is 4.34. The average molecular weight is 210 g/mol. The van der Waals surface area contributed by atoms with Gasteiger partial charge in [-0.05, 0) is 18.8 Å². The monoisotopic (exact) mass is 210 g/mol. The van der Waals surface area contributed by atoms with Gasteiger partial charge in [0.25, 0.3) is 0 Å². The molecule has 2 atom stereocenters. The van der Waals surface area contributed by atoms with E-state index < -0.39 is 0 Å². The summed E-state index contributed by atoms with van der Waals surface area (Å²) in [5.74, 6) is 1.10. The first-order chi connectivity index (χ1) is 3.34. The molecule has 42 valence electrons. The van der Waals surface area contributed by atoms with E-state index in [1.165, 1.54) is 19.3 Å². The van der Waals surface area contributed by atoms with Crippen LogP contribution in [-0.2, 0) is 0 Å². The van der Waals surface area contributed by atoms with Gasteiger partial charge in [0.15, 0.2) is 0 Å². The third-order valence-corrected chi connectivity index (χ3v) is 3.02. The van der Waals surface area contributed by atoms with Crippen molar-refractivity contribution < 1.29 is 0 Å². The summed E-state index contributed by atoms with van der Waals surface area (Å²) in [4.78, 5) is 0. The Morgan fingerprint density at radius 3 is 2.43 bits per heavy atom. The summed E-state index contributed by atoms with van der Waals surface area (Å²) < 4.78 is 1.04. The van der Waals surface area contributed by atoms with Crippen LogP contribution < -0.4 is 0 Å². The van der Waals surface area contributed by atoms with Crippen LogP contribution in [0.2, 0.25) is 0 Å². The highest BCUT2D eigenvalue weighted by Gasteiger charge is 2.32. The zero-order valence-corrected chi connectivity index (χ0v) is 6.81. The second-order valence-electron chi connectivity index (χ2n) is 2.30. The van der Waals surface area contributed by atoms with Gasteiger partial charge in [0.05, 0.1) is 0 Å². The number of rotatable bonds is 2. The highest BCUT2D eigenvalue weighted by Crippen LogP contribution is 2.41. The van der Waals surface area contributed by atoms with Crippen LogP contribution in [0, 0.1) is 5.92 Å². The molecule has 0 aromatic heterocycles. The van der Waals surface area contributed by atoms with E-state index in [-0.39, 0.29) is 0 Å². The maximum Gasteiger partial charge on any atom is 0.0141 e. The van der Waals surface area contributed by atoms with Crippen LogP contribution in [0.1, 0.15) is 26.2 Å². The molecule has 0 spiro atoms. The van der Waals surface area contributed by atoms with E-state index in [1.807, 2.05) is 0 Å². The summed E-state index contributed by atoms with van der Waals surface area (Å²) in [5.41, 5.74) is 0. The van der Waals surface area contributed by atoms with Crippen molar-refractivity contribution in [3.05, 3.63) is 0 Å². The van der Waals surface area contributed by atoms with Crippen molar-refractivity contribution in [2.45, 2.75) is 30.1 Å². The summed E-state index contributed by atoms with van der Waals surface area (Å²) in [7, 11) is 0. The Morgan fingerprint density at radius 1 is 1.71 bits per heavy atom. The van der Waals surface area contributed by atoms with Gasteiger partial charge < -0.3 is 0 Å². The highest BCUT2D eigenvalue weighted by molar-refractivity contribution is 14.1. The lowest BCUT2D eigenvalue weighted by molar-refractivity contribution is 0.713. The topological polar surface area (TPSA) is 0 Å². The molecular weight excluding hydrogens is 199 g/mol. The summed E-state index contributed by atoms with van der Waals surface area (Å²) >= 11 is 2.54. The molecule has 0 nitrogen and oxygen atoms in total. The van der Waals surface area contributed by atoms with Gasteiger partial charge in [-0.3, -0.25) is 0 Å². The molecule has 1 fully saturated rings. The van der Waals surface area contributed by atoms with E-state index in [0.717, 1.165) is 9.84 Å². The lowest BCUT2D eigenvalue weighted by atomic mass is 10.2. The van der Waals surface area contributed by atoms with Crippen molar-refractivity contribution >= 4 is 22.6 Å². The van der Waals surface area contributed by atoms with Crippen LogP contribution in [0.15, 0.2) is 0 Å². The molecule has 7 heavy (non-hydrogen) atoms. The fraction of sp³-hybridized carbons (Fsp3) is 1.00. The molecule has 0 bridgehead atoms. The SMILES string of the molecule is CCC[C@H]1CC1I. The van der Waals surface area contributed by atoms with Crippen molar-refractivity contribution in [1.82, 2.24) is 0 Å². The minimum Gasteiger partial charge on any atom is -0.0823 e. The molecule has 0 amide bonds. The molecule has 0 aromatic rings. The van der Waals surface area contributed by atoms with Crippen LogP contribution in [0.25, 0.3) is 0 Å². The molecule has 0 aliphatic heterocycles. The van der Waals surface area contributed by atoms with Gasteiger partial charge in [-0.15, -0.1) is 0 Å². The summed E-state index contributed by atoms with van der Waals surface area (Å²) in [6.45, 7) is 2.27. The van der Waals surface area contributed by atoms with Crippen LogP contribution in [0.5, 0.6) is 0 Å². The van der Waals surface area contributed by atoms with Gasteiger partial charge in [0.1, 0.15) is 0 Å². The quantitative estimate of drug-likeness (QED) is 0.485. The predicted octanol–water partition coefficient (Wildman–Crippen LogP) is 2.61. The number of hydrogen-bond acceptors (Lipinski definition) is 0. The van der Waals surface area contributed by atoms with Crippen molar-refractivity contribution in [1.29, 1.82) is 0 Å². The molecule has 0 aromatic carbocycles. The van der Waals surface area contributed by atoms with E-state index in [4.69, 9.17) is 0 Å². The Labute approximate surface area is 58.8 Å². The summed E-state index contributed by atoms with van der Waals surface area (Å²) in [5, 5.41) is 0. The molecule has 1 aliphatic rings. The second-order valence-corrected chi connectivity index (χ2v) is 3.90. The number of halogens is 1. The predicted molar refractivity (Wildman–Crippen MR) is 40.8 cm³/mol. The van der Waals surface area contributed by atoms with Crippen molar-refractivity contribution in [3.63, 3.8) is 0 Å². The van der Waals surface area contributed by atoms with Gasteiger partial charge in [-0.2, -0.15) is 0 Å². The minimum atomic E-state index is 1.04. The minimum absolute atomic E-state index is 1.04. The van der Waals surface area contributed by atoms with Gasteiger partial charge in [-0.25, -0.2) is 0 Å². The third-order valence-electron chi connectivity index (χ3n) is 1.50. The molecule has 0 radical (unpaired) electrons. The van der Waals surface area contributed by atoms with E-state index in [2.05, 4.69) is 29.5 Å². The normalized spacial score (nSPS) is 38.6. The van der Waals surface area contributed by atoms with E-state index in [1.54, 1.807) is 0 Å². The Kier molecular flexibility index (Phi) is 1.95. The lowest BCUT2D eigenvalue weighted by Gasteiger charge is -1.85.